The van der Waals surface area contributed by atoms with Crippen LogP contribution in [0.5, 0.6) is 5.75 Å². The van der Waals surface area contributed by atoms with Crippen molar-refractivity contribution in [3.8, 4) is 5.75 Å². The molecule has 3 amide bonds. The number of carbonyl (C=O) groups is 3. The van der Waals surface area contributed by atoms with Crippen LogP contribution < -0.4 is 20.7 Å². The molecule has 0 heterocycles. The van der Waals surface area contributed by atoms with Crippen LogP contribution in [0.4, 0.5) is 4.79 Å². The summed E-state index contributed by atoms with van der Waals surface area (Å²) in [5, 5.41) is 7.61. The molecule has 8 nitrogen and oxygen atoms in total. The summed E-state index contributed by atoms with van der Waals surface area (Å²) in [5.41, 5.74) is -0.202. The van der Waals surface area contributed by atoms with Crippen LogP contribution in [0.3, 0.4) is 0 Å². The van der Waals surface area contributed by atoms with Gasteiger partial charge in [0.25, 0.3) is 5.91 Å². The Kier molecular flexibility index (Phi) is 7.71. The highest BCUT2D eigenvalue weighted by Gasteiger charge is 2.16. The molecule has 0 aromatic heterocycles. The Balaban J connectivity index is 2.25. The molecule has 0 unspecified atom stereocenters. The van der Waals surface area contributed by atoms with E-state index >= 15 is 0 Å². The summed E-state index contributed by atoms with van der Waals surface area (Å²) in [5.74, 6) is -0.193. The van der Waals surface area contributed by atoms with Crippen molar-refractivity contribution >= 4 is 17.9 Å². The first-order valence-electron chi connectivity index (χ1n) is 7.87. The number of carbonyl (C=O) groups excluding carboxylic acids is 3. The standard InChI is InChI=1S/C17H25N3O5/c1-17(2,3)25-16(23)20-11-14(21)18-9-10-19-15(22)12-7-5-6-8-13(12)24-4/h5-8H,9-11H2,1-4H3,(H,18,21)(H,19,22)(H,20,23). The molecule has 0 saturated heterocycles. The van der Waals surface area contributed by atoms with Crippen LogP contribution in [0, 0.1) is 0 Å². The molecule has 0 aliphatic heterocycles. The Morgan fingerprint density at radius 2 is 1.64 bits per heavy atom. The van der Waals surface area contributed by atoms with Gasteiger partial charge in [0, 0.05) is 13.1 Å². The van der Waals surface area contributed by atoms with Gasteiger partial charge in [0.15, 0.2) is 0 Å². The van der Waals surface area contributed by atoms with Crippen molar-refractivity contribution in [3.05, 3.63) is 29.8 Å². The SMILES string of the molecule is COc1ccccc1C(=O)NCCNC(=O)CNC(=O)OC(C)(C)C. The number of benzene rings is 1. The van der Waals surface area contributed by atoms with Gasteiger partial charge in [-0.1, -0.05) is 12.1 Å². The van der Waals surface area contributed by atoms with E-state index < -0.39 is 11.7 Å². The van der Waals surface area contributed by atoms with Gasteiger partial charge < -0.3 is 25.4 Å². The first-order valence-corrected chi connectivity index (χ1v) is 7.87. The third kappa shape index (κ3) is 8.05. The molecule has 1 aromatic carbocycles. The van der Waals surface area contributed by atoms with E-state index in [2.05, 4.69) is 16.0 Å². The number of para-hydroxylation sites is 1. The number of nitrogens with one attached hydrogen (secondary N) is 3. The van der Waals surface area contributed by atoms with Crippen LogP contribution in [-0.2, 0) is 9.53 Å². The Morgan fingerprint density at radius 1 is 1.00 bits per heavy atom. The van der Waals surface area contributed by atoms with Crippen molar-refractivity contribution in [2.45, 2.75) is 26.4 Å². The lowest BCUT2D eigenvalue weighted by Crippen LogP contribution is -2.42. The number of rotatable bonds is 7. The van der Waals surface area contributed by atoms with E-state index in [1.165, 1.54) is 7.11 Å². The van der Waals surface area contributed by atoms with Gasteiger partial charge in [-0.3, -0.25) is 9.59 Å². The third-order valence-corrected chi connectivity index (χ3v) is 2.88. The average molecular weight is 351 g/mol. The zero-order chi connectivity index (χ0) is 18.9. The predicted molar refractivity (Wildman–Crippen MR) is 92.6 cm³/mol. The van der Waals surface area contributed by atoms with Crippen LogP contribution in [0.15, 0.2) is 24.3 Å². The van der Waals surface area contributed by atoms with E-state index in [4.69, 9.17) is 9.47 Å². The summed E-state index contributed by atoms with van der Waals surface area (Å²) in [6.07, 6.45) is -0.660. The lowest BCUT2D eigenvalue weighted by Gasteiger charge is -2.19. The fourth-order valence-corrected chi connectivity index (χ4v) is 1.83. The third-order valence-electron chi connectivity index (χ3n) is 2.88. The molecule has 0 aliphatic rings. The maximum Gasteiger partial charge on any atom is 0.408 e. The normalized spacial score (nSPS) is 10.6. The fraction of sp³-hybridized carbons (Fsp3) is 0.471. The van der Waals surface area contributed by atoms with Gasteiger partial charge >= 0.3 is 6.09 Å². The van der Waals surface area contributed by atoms with Gasteiger partial charge in [0.1, 0.15) is 11.4 Å². The maximum atomic E-state index is 12.0. The van der Waals surface area contributed by atoms with Gasteiger partial charge in [-0.15, -0.1) is 0 Å². The highest BCUT2D eigenvalue weighted by atomic mass is 16.6. The van der Waals surface area contributed by atoms with Crippen LogP contribution in [-0.4, -0.2) is 50.3 Å². The van der Waals surface area contributed by atoms with Crippen LogP contribution in [0.25, 0.3) is 0 Å². The second-order valence-electron chi connectivity index (χ2n) is 6.16. The number of alkyl carbamates (subject to hydrolysis) is 1. The summed E-state index contributed by atoms with van der Waals surface area (Å²) in [6, 6.07) is 6.85. The van der Waals surface area contributed by atoms with Gasteiger partial charge in [0.2, 0.25) is 5.91 Å². The summed E-state index contributed by atoms with van der Waals surface area (Å²) >= 11 is 0. The molecule has 0 saturated carbocycles. The van der Waals surface area contributed by atoms with Crippen molar-refractivity contribution in [1.82, 2.24) is 16.0 Å². The monoisotopic (exact) mass is 351 g/mol. The molecule has 1 rings (SSSR count). The number of hydrogen-bond acceptors (Lipinski definition) is 5. The molecule has 0 atom stereocenters. The number of amides is 3. The Hall–Kier alpha value is -2.77. The molecule has 138 valence electrons. The molecule has 0 spiro atoms. The molecule has 0 radical (unpaired) electrons. The molecule has 0 aliphatic carbocycles. The maximum absolute atomic E-state index is 12.0. The smallest absolute Gasteiger partial charge is 0.408 e. The molecular weight excluding hydrogens is 326 g/mol. The van der Waals surface area contributed by atoms with Crippen LogP contribution in [0.1, 0.15) is 31.1 Å². The molecule has 25 heavy (non-hydrogen) atoms. The molecule has 8 heteroatoms. The quantitative estimate of drug-likeness (QED) is 0.637. The molecule has 1 aromatic rings. The van der Waals surface area contributed by atoms with Crippen LogP contribution in [0.2, 0.25) is 0 Å². The first-order chi connectivity index (χ1) is 11.7. The predicted octanol–water partition coefficient (Wildman–Crippen LogP) is 1.07. The summed E-state index contributed by atoms with van der Waals surface area (Å²) in [7, 11) is 1.49. The summed E-state index contributed by atoms with van der Waals surface area (Å²) in [4.78, 5) is 35.1. The van der Waals surface area contributed by atoms with Crippen molar-refractivity contribution in [1.29, 1.82) is 0 Å². The number of ether oxygens (including phenoxy) is 2. The Bertz CT molecular complexity index is 611. The van der Waals surface area contributed by atoms with Crippen LogP contribution >= 0.6 is 0 Å². The fourth-order valence-electron chi connectivity index (χ4n) is 1.83. The van der Waals surface area contributed by atoms with Gasteiger partial charge in [-0.25, -0.2) is 4.79 Å². The van der Waals surface area contributed by atoms with E-state index in [0.717, 1.165) is 0 Å². The lowest BCUT2D eigenvalue weighted by molar-refractivity contribution is -0.120. The second-order valence-corrected chi connectivity index (χ2v) is 6.16. The number of hydrogen-bond donors (Lipinski definition) is 3. The van der Waals surface area contributed by atoms with Crippen molar-refractivity contribution in [3.63, 3.8) is 0 Å². The van der Waals surface area contributed by atoms with Gasteiger partial charge in [0.05, 0.1) is 19.2 Å². The van der Waals surface area contributed by atoms with Gasteiger partial charge in [-0.05, 0) is 32.9 Å². The highest BCUT2D eigenvalue weighted by Crippen LogP contribution is 2.16. The topological polar surface area (TPSA) is 106 Å². The van der Waals surface area contributed by atoms with E-state index in [1.54, 1.807) is 45.0 Å². The summed E-state index contributed by atoms with van der Waals surface area (Å²) < 4.78 is 10.1. The minimum atomic E-state index is -0.660. The molecule has 0 bridgehead atoms. The highest BCUT2D eigenvalue weighted by molar-refractivity contribution is 5.96. The van der Waals surface area contributed by atoms with Crippen molar-refractivity contribution in [2.75, 3.05) is 26.7 Å². The molecular formula is C17H25N3O5. The summed E-state index contributed by atoms with van der Waals surface area (Å²) in [6.45, 7) is 5.48. The van der Waals surface area contributed by atoms with Crippen molar-refractivity contribution in [2.24, 2.45) is 0 Å². The van der Waals surface area contributed by atoms with E-state index in [9.17, 15) is 14.4 Å². The van der Waals surface area contributed by atoms with Gasteiger partial charge in [-0.2, -0.15) is 0 Å². The minimum Gasteiger partial charge on any atom is -0.496 e. The molecule has 3 N–H and O–H groups in total. The molecule has 0 fully saturated rings. The Morgan fingerprint density at radius 3 is 2.28 bits per heavy atom. The number of methoxy groups -OCH3 is 1. The van der Waals surface area contributed by atoms with E-state index in [1.807, 2.05) is 0 Å². The zero-order valence-corrected chi connectivity index (χ0v) is 15.0. The Labute approximate surface area is 147 Å². The van der Waals surface area contributed by atoms with Crippen molar-refractivity contribution < 1.29 is 23.9 Å². The minimum absolute atomic E-state index is 0.199. The average Bonchev–Trinajstić information content (AvgIpc) is 2.55. The largest absolute Gasteiger partial charge is 0.496 e. The second kappa shape index (κ2) is 9.51. The first kappa shape index (κ1) is 20.3. The zero-order valence-electron chi connectivity index (χ0n) is 15.0. The van der Waals surface area contributed by atoms with E-state index in [-0.39, 0.29) is 31.4 Å². The lowest BCUT2D eigenvalue weighted by atomic mass is 10.2. The van der Waals surface area contributed by atoms with E-state index in [0.29, 0.717) is 11.3 Å².